The smallest absolute Gasteiger partial charge is 0.237 e. The molecule has 23 heavy (non-hydrogen) atoms. The fourth-order valence-electron chi connectivity index (χ4n) is 2.42. The second kappa shape index (κ2) is 6.95. The molecule has 1 N–H and O–H groups in total. The standard InChI is InChI=1S/C17H13Cl2NO2S/c18-11-3-5-13(6-4-11)20-17(22)16-7-10-1-2-12(19)8-14(10)15(21)9-23-16/h1-6,8,16H,7,9H2,(H,20,22). The van der Waals surface area contributed by atoms with Gasteiger partial charge in [-0.2, -0.15) is 0 Å². The van der Waals surface area contributed by atoms with E-state index in [0.29, 0.717) is 27.7 Å². The molecule has 0 radical (unpaired) electrons. The molecule has 1 unspecified atom stereocenters. The van der Waals surface area contributed by atoms with Gasteiger partial charge in [-0.1, -0.05) is 29.3 Å². The van der Waals surface area contributed by atoms with Crippen LogP contribution in [0, 0.1) is 0 Å². The van der Waals surface area contributed by atoms with E-state index in [1.165, 1.54) is 11.8 Å². The van der Waals surface area contributed by atoms with E-state index in [1.54, 1.807) is 36.4 Å². The van der Waals surface area contributed by atoms with Gasteiger partial charge in [-0.25, -0.2) is 0 Å². The predicted octanol–water partition coefficient (Wildman–Crippen LogP) is 4.47. The number of fused-ring (bicyclic) bond motifs is 1. The van der Waals surface area contributed by atoms with Gasteiger partial charge in [0.05, 0.1) is 11.0 Å². The van der Waals surface area contributed by atoms with Crippen LogP contribution in [-0.4, -0.2) is 22.7 Å². The maximum absolute atomic E-state index is 12.5. The van der Waals surface area contributed by atoms with Crippen LogP contribution >= 0.6 is 35.0 Å². The van der Waals surface area contributed by atoms with E-state index in [1.807, 2.05) is 6.07 Å². The second-order valence-corrected chi connectivity index (χ2v) is 7.29. The first-order valence-corrected chi connectivity index (χ1v) is 8.83. The van der Waals surface area contributed by atoms with E-state index < -0.39 is 0 Å². The predicted molar refractivity (Wildman–Crippen MR) is 95.8 cm³/mol. The SMILES string of the molecule is O=C1CSC(C(=O)Nc2ccc(Cl)cc2)Cc2ccc(Cl)cc21. The number of ketones is 1. The van der Waals surface area contributed by atoms with Crippen LogP contribution in [0.4, 0.5) is 5.69 Å². The quantitative estimate of drug-likeness (QED) is 0.853. The lowest BCUT2D eigenvalue weighted by Crippen LogP contribution is -2.27. The number of hydrogen-bond acceptors (Lipinski definition) is 3. The number of rotatable bonds is 2. The molecule has 0 saturated heterocycles. The molecule has 118 valence electrons. The highest BCUT2D eigenvalue weighted by atomic mass is 35.5. The molecule has 1 aliphatic rings. The lowest BCUT2D eigenvalue weighted by atomic mass is 10.00. The number of carbonyl (C=O) groups is 2. The minimum atomic E-state index is -0.322. The van der Waals surface area contributed by atoms with Crippen molar-refractivity contribution in [2.75, 3.05) is 11.1 Å². The Kier molecular flexibility index (Phi) is 4.95. The normalized spacial score (nSPS) is 17.3. The monoisotopic (exact) mass is 365 g/mol. The van der Waals surface area contributed by atoms with Crippen molar-refractivity contribution in [3.8, 4) is 0 Å². The number of nitrogens with one attached hydrogen (secondary N) is 1. The zero-order valence-electron chi connectivity index (χ0n) is 12.0. The van der Waals surface area contributed by atoms with Crippen molar-refractivity contribution in [2.45, 2.75) is 11.7 Å². The van der Waals surface area contributed by atoms with Crippen molar-refractivity contribution in [2.24, 2.45) is 0 Å². The highest BCUT2D eigenvalue weighted by Gasteiger charge is 2.27. The van der Waals surface area contributed by atoms with Gasteiger partial charge in [0, 0.05) is 21.3 Å². The van der Waals surface area contributed by atoms with E-state index in [4.69, 9.17) is 23.2 Å². The summed E-state index contributed by atoms with van der Waals surface area (Å²) in [5.74, 6) is 0.161. The summed E-state index contributed by atoms with van der Waals surface area (Å²) >= 11 is 13.2. The Morgan fingerprint density at radius 1 is 1.09 bits per heavy atom. The molecular weight excluding hydrogens is 353 g/mol. The highest BCUT2D eigenvalue weighted by Crippen LogP contribution is 2.28. The number of hydrogen-bond donors (Lipinski definition) is 1. The number of halogens is 2. The molecule has 0 aliphatic carbocycles. The molecule has 1 atom stereocenters. The Morgan fingerprint density at radius 3 is 2.52 bits per heavy atom. The van der Waals surface area contributed by atoms with E-state index >= 15 is 0 Å². The molecule has 2 aromatic carbocycles. The zero-order valence-corrected chi connectivity index (χ0v) is 14.3. The summed E-state index contributed by atoms with van der Waals surface area (Å²) in [4.78, 5) is 24.7. The van der Waals surface area contributed by atoms with Gasteiger partial charge < -0.3 is 5.32 Å². The van der Waals surface area contributed by atoms with Crippen molar-refractivity contribution in [1.29, 1.82) is 0 Å². The molecular formula is C17H13Cl2NO2S. The molecule has 2 aromatic rings. The molecule has 0 aromatic heterocycles. The van der Waals surface area contributed by atoms with Crippen molar-refractivity contribution < 1.29 is 9.59 Å². The summed E-state index contributed by atoms with van der Waals surface area (Å²) in [6.07, 6.45) is 0.502. The number of carbonyl (C=O) groups excluding carboxylic acids is 2. The van der Waals surface area contributed by atoms with Gasteiger partial charge >= 0.3 is 0 Å². The van der Waals surface area contributed by atoms with Gasteiger partial charge in [0.1, 0.15) is 0 Å². The summed E-state index contributed by atoms with van der Waals surface area (Å²) in [6, 6.07) is 12.2. The summed E-state index contributed by atoms with van der Waals surface area (Å²) in [6.45, 7) is 0. The van der Waals surface area contributed by atoms with Crippen LogP contribution in [0.1, 0.15) is 15.9 Å². The van der Waals surface area contributed by atoms with Crippen LogP contribution in [0.15, 0.2) is 42.5 Å². The third kappa shape index (κ3) is 3.89. The first-order valence-electron chi connectivity index (χ1n) is 7.02. The summed E-state index contributed by atoms with van der Waals surface area (Å²) in [5, 5.41) is 3.69. The Labute approximate surface area is 148 Å². The van der Waals surface area contributed by atoms with Gasteiger partial charge in [0.15, 0.2) is 5.78 Å². The van der Waals surface area contributed by atoms with Gasteiger partial charge in [-0.05, 0) is 48.4 Å². The van der Waals surface area contributed by atoms with Crippen molar-refractivity contribution in [3.63, 3.8) is 0 Å². The van der Waals surface area contributed by atoms with Crippen molar-refractivity contribution in [3.05, 3.63) is 63.6 Å². The van der Waals surface area contributed by atoms with Crippen LogP contribution in [0.2, 0.25) is 10.0 Å². The number of thioether (sulfide) groups is 1. The van der Waals surface area contributed by atoms with E-state index in [0.717, 1.165) is 5.56 Å². The minimum absolute atomic E-state index is 0.00860. The molecule has 0 saturated carbocycles. The summed E-state index contributed by atoms with van der Waals surface area (Å²) in [5.41, 5.74) is 2.17. The highest BCUT2D eigenvalue weighted by molar-refractivity contribution is 8.01. The summed E-state index contributed by atoms with van der Waals surface area (Å²) in [7, 11) is 0. The Balaban J connectivity index is 1.78. The Bertz CT molecular complexity index is 762. The number of amides is 1. The molecule has 0 spiro atoms. The lowest BCUT2D eigenvalue weighted by molar-refractivity contribution is -0.115. The van der Waals surface area contributed by atoms with Gasteiger partial charge in [-0.3, -0.25) is 9.59 Å². The molecule has 0 fully saturated rings. The molecule has 0 bridgehead atoms. The molecule has 1 amide bonds. The fraction of sp³-hybridized carbons (Fsp3) is 0.176. The molecule has 1 aliphatic heterocycles. The van der Waals surface area contributed by atoms with E-state index in [-0.39, 0.29) is 22.7 Å². The Hall–Kier alpha value is -1.49. The molecule has 1 heterocycles. The average molecular weight is 366 g/mol. The van der Waals surface area contributed by atoms with Crippen LogP contribution in [0.25, 0.3) is 0 Å². The topological polar surface area (TPSA) is 46.2 Å². The van der Waals surface area contributed by atoms with Gasteiger partial charge in [-0.15, -0.1) is 11.8 Å². The van der Waals surface area contributed by atoms with E-state index in [2.05, 4.69) is 5.32 Å². The van der Waals surface area contributed by atoms with Crippen LogP contribution in [0.3, 0.4) is 0 Å². The Morgan fingerprint density at radius 2 is 1.78 bits per heavy atom. The summed E-state index contributed by atoms with van der Waals surface area (Å²) < 4.78 is 0. The maximum Gasteiger partial charge on any atom is 0.237 e. The van der Waals surface area contributed by atoms with Gasteiger partial charge in [0.2, 0.25) is 5.91 Å². The molecule has 3 rings (SSSR count). The molecule has 3 nitrogen and oxygen atoms in total. The van der Waals surface area contributed by atoms with Crippen molar-refractivity contribution >= 4 is 52.3 Å². The van der Waals surface area contributed by atoms with Crippen LogP contribution < -0.4 is 5.32 Å². The first-order chi connectivity index (χ1) is 11.0. The van der Waals surface area contributed by atoms with Crippen molar-refractivity contribution in [1.82, 2.24) is 0 Å². The van der Waals surface area contributed by atoms with Crippen LogP contribution in [-0.2, 0) is 11.2 Å². The first kappa shape index (κ1) is 16.4. The van der Waals surface area contributed by atoms with Gasteiger partial charge in [0.25, 0.3) is 0 Å². The average Bonchev–Trinajstić information content (AvgIpc) is 2.69. The second-order valence-electron chi connectivity index (χ2n) is 5.22. The number of benzene rings is 2. The number of Topliss-reactive ketones (excluding diaryl/α,β-unsaturated/α-hetero) is 1. The number of anilines is 1. The lowest BCUT2D eigenvalue weighted by Gasteiger charge is -2.14. The molecule has 6 heteroatoms. The largest absolute Gasteiger partial charge is 0.325 e. The third-order valence-electron chi connectivity index (χ3n) is 3.60. The van der Waals surface area contributed by atoms with Crippen LogP contribution in [0.5, 0.6) is 0 Å². The fourth-order valence-corrected chi connectivity index (χ4v) is 3.74. The zero-order chi connectivity index (χ0) is 16.4. The maximum atomic E-state index is 12.5. The van der Waals surface area contributed by atoms with E-state index in [9.17, 15) is 9.59 Å². The third-order valence-corrected chi connectivity index (χ3v) is 5.30. The minimum Gasteiger partial charge on any atom is -0.325 e.